The number of nitrogens with one attached hydrogen (secondary N) is 3. The van der Waals surface area contributed by atoms with Crippen molar-refractivity contribution < 1.29 is 23.8 Å². The number of carbonyl (C=O) groups excluding carboxylic acids is 2. The number of amides is 2. The predicted molar refractivity (Wildman–Crippen MR) is 136 cm³/mol. The van der Waals surface area contributed by atoms with E-state index in [-0.39, 0.29) is 40.5 Å². The van der Waals surface area contributed by atoms with E-state index in [0.717, 1.165) is 25.0 Å². The second kappa shape index (κ2) is 12.7. The first kappa shape index (κ1) is 26.7. The summed E-state index contributed by atoms with van der Waals surface area (Å²) in [6.45, 7) is 0. The van der Waals surface area contributed by atoms with E-state index < -0.39 is 5.82 Å². The van der Waals surface area contributed by atoms with Crippen molar-refractivity contribution in [1.29, 1.82) is 0 Å². The van der Waals surface area contributed by atoms with Gasteiger partial charge in [-0.05, 0) is 47.8 Å². The quantitative estimate of drug-likeness (QED) is 0.0759. The van der Waals surface area contributed by atoms with Gasteiger partial charge in [-0.15, -0.1) is 11.8 Å². The molecule has 3 heterocycles. The Morgan fingerprint density at radius 3 is 2.94 bits per heavy atom. The number of carbonyl (C=O) groups is 2. The van der Waals surface area contributed by atoms with Crippen molar-refractivity contribution in [3.05, 3.63) is 34.7 Å². The minimum atomic E-state index is -0.578. The fourth-order valence-corrected chi connectivity index (χ4v) is 6.67. The highest BCUT2D eigenvalue weighted by molar-refractivity contribution is 8.00. The summed E-state index contributed by atoms with van der Waals surface area (Å²) in [4.78, 5) is 27.9. The standard InChI is InChI=1S/C22H26ClFN6O4S2/c23-14-10-12(7-8-15(14)24)25-20(28-33)19-21(30-34-29-19)35-9-3-5-13(31)4-1-2-6-17-18-16(11-36-17)26-22(32)27-18/h7-8,10,16-18,33H,1-6,9,11H2,(H,25,28)(H2,26,27,32)/t16-,17-,18-/m0/s1. The zero-order valence-electron chi connectivity index (χ0n) is 19.2. The van der Waals surface area contributed by atoms with Crippen molar-refractivity contribution in [3.8, 4) is 0 Å². The number of ketones is 1. The summed E-state index contributed by atoms with van der Waals surface area (Å²) in [5, 5.41) is 23.8. The van der Waals surface area contributed by atoms with Gasteiger partial charge >= 0.3 is 6.03 Å². The zero-order chi connectivity index (χ0) is 25.5. The van der Waals surface area contributed by atoms with Crippen LogP contribution in [0.3, 0.4) is 0 Å². The van der Waals surface area contributed by atoms with E-state index in [1.165, 1.54) is 30.0 Å². The Morgan fingerprint density at radius 1 is 1.31 bits per heavy atom. The van der Waals surface area contributed by atoms with E-state index in [2.05, 4.69) is 25.9 Å². The summed E-state index contributed by atoms with van der Waals surface area (Å²) in [5.41, 5.74) is 2.45. The van der Waals surface area contributed by atoms with Gasteiger partial charge < -0.3 is 10.6 Å². The van der Waals surface area contributed by atoms with Gasteiger partial charge in [-0.2, -0.15) is 11.8 Å². The van der Waals surface area contributed by atoms with Crippen LogP contribution in [-0.2, 0) is 4.79 Å². The summed E-state index contributed by atoms with van der Waals surface area (Å²) < 4.78 is 18.2. The van der Waals surface area contributed by atoms with Crippen LogP contribution in [0, 0.1) is 5.82 Å². The molecule has 2 aliphatic heterocycles. The maximum Gasteiger partial charge on any atom is 0.315 e. The van der Waals surface area contributed by atoms with Crippen LogP contribution in [-0.4, -0.2) is 62.0 Å². The average molecular weight is 557 g/mol. The normalized spacial score (nSPS) is 21.2. The van der Waals surface area contributed by atoms with Crippen LogP contribution < -0.4 is 16.1 Å². The summed E-state index contributed by atoms with van der Waals surface area (Å²) >= 11 is 8.99. The minimum absolute atomic E-state index is 0.0304. The molecule has 0 bridgehead atoms. The molecule has 10 nitrogen and oxygen atoms in total. The highest BCUT2D eigenvalue weighted by Crippen LogP contribution is 2.33. The number of nitrogens with zero attached hydrogens (tertiary/aromatic N) is 3. The number of benzene rings is 1. The Balaban J connectivity index is 1.16. The smallest absolute Gasteiger partial charge is 0.315 e. The second-order valence-corrected chi connectivity index (χ2v) is 11.2. The number of halogens is 2. The SMILES string of the molecule is O=C(CCCC[C@@H]1SC[C@@H]2NC(=O)N[C@@H]21)CCCSc1nonc1C(=Nc1ccc(F)c(Cl)c1)NO. The average Bonchev–Trinajstić information content (AvgIpc) is 3.57. The van der Waals surface area contributed by atoms with Gasteiger partial charge in [0.15, 0.2) is 16.6 Å². The number of hydroxylamine groups is 1. The molecule has 4 N–H and O–H groups in total. The number of fused-ring (bicyclic) bond motifs is 1. The topological polar surface area (TPSA) is 142 Å². The number of hydrogen-bond acceptors (Lipinski definition) is 9. The van der Waals surface area contributed by atoms with Crippen LogP contribution >= 0.6 is 35.1 Å². The number of hydrogen-bond donors (Lipinski definition) is 4. The summed E-state index contributed by atoms with van der Waals surface area (Å²) in [5.74, 6) is 1.15. The third-order valence-corrected chi connectivity index (χ3v) is 8.74. The van der Waals surface area contributed by atoms with Crippen LogP contribution in [0.1, 0.15) is 44.2 Å². The molecule has 4 rings (SSSR count). The van der Waals surface area contributed by atoms with Crippen LogP contribution in [0.2, 0.25) is 5.02 Å². The Labute approximate surface area is 220 Å². The molecule has 0 spiro atoms. The number of urea groups is 1. The number of Topliss-reactive ketones (excluding diaryl/α,β-unsaturated/α-hetero) is 1. The first-order chi connectivity index (χ1) is 17.4. The summed E-state index contributed by atoms with van der Waals surface area (Å²) in [7, 11) is 0. The van der Waals surface area contributed by atoms with E-state index in [4.69, 9.17) is 16.2 Å². The van der Waals surface area contributed by atoms with Crippen molar-refractivity contribution in [2.75, 3.05) is 11.5 Å². The minimum Gasteiger partial charge on any atom is -0.332 e. The summed E-state index contributed by atoms with van der Waals surface area (Å²) in [6, 6.07) is 4.23. The Hall–Kier alpha value is -2.35. The Bertz CT molecular complexity index is 1120. The van der Waals surface area contributed by atoms with E-state index in [0.29, 0.717) is 41.0 Å². The number of rotatable bonds is 12. The van der Waals surface area contributed by atoms with Crippen LogP contribution in [0.25, 0.3) is 0 Å². The van der Waals surface area contributed by atoms with E-state index >= 15 is 0 Å². The van der Waals surface area contributed by atoms with Gasteiger partial charge in [0.25, 0.3) is 0 Å². The van der Waals surface area contributed by atoms with Gasteiger partial charge in [-0.25, -0.2) is 18.8 Å². The highest BCUT2D eigenvalue weighted by Gasteiger charge is 2.42. The first-order valence-corrected chi connectivity index (χ1v) is 14.0. The van der Waals surface area contributed by atoms with Crippen molar-refractivity contribution in [3.63, 3.8) is 0 Å². The lowest BCUT2D eigenvalue weighted by Gasteiger charge is -2.16. The Kier molecular flexibility index (Phi) is 9.46. The van der Waals surface area contributed by atoms with Crippen LogP contribution in [0.5, 0.6) is 0 Å². The molecule has 0 aliphatic carbocycles. The van der Waals surface area contributed by atoms with Crippen LogP contribution in [0.15, 0.2) is 32.8 Å². The maximum absolute atomic E-state index is 13.4. The Morgan fingerprint density at radius 2 is 2.14 bits per heavy atom. The number of amidine groups is 1. The first-order valence-electron chi connectivity index (χ1n) is 11.5. The van der Waals surface area contributed by atoms with Gasteiger partial charge in [-0.3, -0.25) is 15.5 Å². The molecule has 14 heteroatoms. The fourth-order valence-electron chi connectivity index (χ4n) is 4.11. The van der Waals surface area contributed by atoms with Gasteiger partial charge in [-0.1, -0.05) is 18.0 Å². The molecule has 36 heavy (non-hydrogen) atoms. The van der Waals surface area contributed by atoms with Crippen LogP contribution in [0.4, 0.5) is 14.9 Å². The van der Waals surface area contributed by atoms with Crippen molar-refractivity contribution in [2.24, 2.45) is 4.99 Å². The number of aromatic nitrogens is 2. The van der Waals surface area contributed by atoms with Crippen molar-refractivity contribution in [1.82, 2.24) is 26.4 Å². The molecule has 2 fully saturated rings. The maximum atomic E-state index is 13.4. The fraction of sp³-hybridized carbons (Fsp3) is 0.500. The van der Waals surface area contributed by atoms with E-state index in [9.17, 15) is 19.2 Å². The molecule has 1 aromatic carbocycles. The zero-order valence-corrected chi connectivity index (χ0v) is 21.6. The molecule has 2 amide bonds. The molecule has 0 saturated carbocycles. The van der Waals surface area contributed by atoms with Gasteiger partial charge in [0.1, 0.15) is 11.6 Å². The van der Waals surface area contributed by atoms with Crippen molar-refractivity contribution in [2.45, 2.75) is 60.9 Å². The third kappa shape index (κ3) is 6.90. The lowest BCUT2D eigenvalue weighted by atomic mass is 10.0. The molecule has 2 saturated heterocycles. The molecule has 0 radical (unpaired) electrons. The van der Waals surface area contributed by atoms with Gasteiger partial charge in [0, 0.05) is 29.6 Å². The molecule has 3 atom stereocenters. The molecular formula is C22H26ClFN6O4S2. The third-order valence-electron chi connectivity index (χ3n) is 5.90. The largest absolute Gasteiger partial charge is 0.332 e. The highest BCUT2D eigenvalue weighted by atomic mass is 35.5. The number of thioether (sulfide) groups is 2. The van der Waals surface area contributed by atoms with Gasteiger partial charge in [0.2, 0.25) is 0 Å². The second-order valence-electron chi connectivity index (χ2n) is 8.45. The van der Waals surface area contributed by atoms with Crippen molar-refractivity contribution >= 4 is 58.5 Å². The van der Waals surface area contributed by atoms with E-state index in [1.54, 1.807) is 0 Å². The monoisotopic (exact) mass is 556 g/mol. The summed E-state index contributed by atoms with van der Waals surface area (Å²) in [6.07, 6.45) is 4.45. The molecule has 0 unspecified atom stereocenters. The number of aliphatic imine (C=N–C) groups is 1. The number of unbranched alkanes of at least 4 members (excludes halogenated alkanes) is 1. The lowest BCUT2D eigenvalue weighted by molar-refractivity contribution is -0.119. The molecule has 2 aliphatic rings. The van der Waals surface area contributed by atoms with Gasteiger partial charge in [0.05, 0.1) is 22.8 Å². The molecular weight excluding hydrogens is 531 g/mol. The lowest BCUT2D eigenvalue weighted by Crippen LogP contribution is -2.36. The molecule has 2 aromatic rings. The predicted octanol–water partition coefficient (Wildman–Crippen LogP) is 4.09. The molecule has 194 valence electrons. The molecule has 1 aromatic heterocycles. The van der Waals surface area contributed by atoms with E-state index in [1.807, 2.05) is 17.2 Å².